The van der Waals surface area contributed by atoms with E-state index in [9.17, 15) is 8.42 Å². The van der Waals surface area contributed by atoms with Gasteiger partial charge >= 0.3 is 0 Å². The van der Waals surface area contributed by atoms with Crippen molar-refractivity contribution in [3.63, 3.8) is 0 Å². The van der Waals surface area contributed by atoms with Crippen molar-refractivity contribution in [1.82, 2.24) is 19.1 Å². The molecule has 208 valence electrons. The van der Waals surface area contributed by atoms with Gasteiger partial charge in [-0.25, -0.2) is 8.42 Å². The fraction of sp³-hybridized carbons (Fsp3) is 0.414. The molecule has 0 amide bonds. The predicted octanol–water partition coefficient (Wildman–Crippen LogP) is 4.29. The van der Waals surface area contributed by atoms with E-state index in [-0.39, 0.29) is 11.0 Å². The van der Waals surface area contributed by atoms with E-state index in [1.807, 2.05) is 30.6 Å². The molecule has 2 aliphatic rings. The first kappa shape index (κ1) is 27.9. The molecule has 0 atom stereocenters. The number of methoxy groups -OCH3 is 1. The molecule has 1 aromatic heterocycles. The number of aromatic nitrogens is 1. The fourth-order valence-electron chi connectivity index (χ4n) is 5.20. The summed E-state index contributed by atoms with van der Waals surface area (Å²) in [6.07, 6.45) is 4.95. The lowest BCUT2D eigenvalue weighted by Crippen LogP contribution is -2.45. The second-order valence-corrected chi connectivity index (χ2v) is 12.4. The van der Waals surface area contributed by atoms with E-state index < -0.39 is 10.0 Å². The summed E-state index contributed by atoms with van der Waals surface area (Å²) in [6, 6.07) is 17.0. The number of hydrogen-bond acceptors (Lipinski definition) is 7. The zero-order chi connectivity index (χ0) is 27.2. The van der Waals surface area contributed by atoms with Crippen LogP contribution in [0.25, 0.3) is 0 Å². The average molecular weight is 571 g/mol. The zero-order valence-corrected chi connectivity index (χ0v) is 23.8. The molecule has 3 heterocycles. The van der Waals surface area contributed by atoms with Crippen molar-refractivity contribution < 1.29 is 17.9 Å². The summed E-state index contributed by atoms with van der Waals surface area (Å²) >= 11 is 6.08. The summed E-state index contributed by atoms with van der Waals surface area (Å²) in [5.41, 5.74) is 2.48. The summed E-state index contributed by atoms with van der Waals surface area (Å²) in [4.78, 5) is 9.27. The molecule has 0 saturated carbocycles. The predicted molar refractivity (Wildman–Crippen MR) is 152 cm³/mol. The number of piperidine rings is 1. The SMILES string of the molecule is COc1ccc(Cl)cc1S(=O)(=O)N1CCC(Oc2cccc(CN3CCN(Cc4cccnc4)CC3)c2)CC1. The number of pyridine rings is 1. The van der Waals surface area contributed by atoms with Crippen LogP contribution in [-0.2, 0) is 23.1 Å². The minimum atomic E-state index is -3.71. The quantitative estimate of drug-likeness (QED) is 0.380. The molecule has 2 aromatic carbocycles. The Bertz CT molecular complexity index is 1340. The average Bonchev–Trinajstić information content (AvgIpc) is 2.95. The molecule has 2 aliphatic heterocycles. The summed E-state index contributed by atoms with van der Waals surface area (Å²) in [5.74, 6) is 1.13. The van der Waals surface area contributed by atoms with Gasteiger partial charge in [-0.1, -0.05) is 29.8 Å². The van der Waals surface area contributed by atoms with Gasteiger partial charge in [-0.15, -0.1) is 0 Å². The first-order valence-corrected chi connectivity index (χ1v) is 15.2. The Morgan fingerprint density at radius 2 is 1.59 bits per heavy atom. The van der Waals surface area contributed by atoms with E-state index in [4.69, 9.17) is 21.1 Å². The minimum Gasteiger partial charge on any atom is -0.495 e. The largest absolute Gasteiger partial charge is 0.495 e. The normalized spacial score (nSPS) is 18.2. The maximum Gasteiger partial charge on any atom is 0.246 e. The van der Waals surface area contributed by atoms with Crippen LogP contribution in [0.3, 0.4) is 0 Å². The number of halogens is 1. The number of rotatable bonds is 9. The van der Waals surface area contributed by atoms with Gasteiger partial charge in [0, 0.05) is 69.8 Å². The van der Waals surface area contributed by atoms with Crippen LogP contribution < -0.4 is 9.47 Å². The topological polar surface area (TPSA) is 75.2 Å². The number of nitrogens with zero attached hydrogens (tertiary/aromatic N) is 4. The van der Waals surface area contributed by atoms with Crippen molar-refractivity contribution in [3.8, 4) is 11.5 Å². The standard InChI is InChI=1S/C29H35ClN4O4S/c1-37-28-8-7-25(30)19-29(28)39(35,36)34-12-9-26(10-13-34)38-27-6-2-4-23(18-27)21-32-14-16-33(17-15-32)22-24-5-3-11-31-20-24/h2-8,11,18-20,26H,9-10,12-17,21-22H2,1H3. The molecule has 5 rings (SSSR count). The molecule has 0 aliphatic carbocycles. The van der Waals surface area contributed by atoms with E-state index in [2.05, 4.69) is 33.0 Å². The van der Waals surface area contributed by atoms with Gasteiger partial charge < -0.3 is 9.47 Å². The molecule has 0 N–H and O–H groups in total. The van der Waals surface area contributed by atoms with Gasteiger partial charge in [0.15, 0.2) is 0 Å². The molecule has 39 heavy (non-hydrogen) atoms. The van der Waals surface area contributed by atoms with Crippen LogP contribution >= 0.6 is 11.6 Å². The summed E-state index contributed by atoms with van der Waals surface area (Å²) < 4.78 is 39.6. The lowest BCUT2D eigenvalue weighted by molar-refractivity contribution is 0.121. The lowest BCUT2D eigenvalue weighted by Gasteiger charge is -2.34. The van der Waals surface area contributed by atoms with E-state index in [0.29, 0.717) is 36.7 Å². The van der Waals surface area contributed by atoms with Crippen molar-refractivity contribution in [2.24, 2.45) is 0 Å². The Morgan fingerprint density at radius 1 is 0.897 bits per heavy atom. The van der Waals surface area contributed by atoms with Crippen LogP contribution in [0.4, 0.5) is 0 Å². The summed E-state index contributed by atoms with van der Waals surface area (Å²) in [6.45, 7) is 6.71. The molecule has 2 fully saturated rings. The second kappa shape index (κ2) is 12.7. The van der Waals surface area contributed by atoms with Crippen molar-refractivity contribution >= 4 is 21.6 Å². The van der Waals surface area contributed by atoms with Crippen LogP contribution in [0.2, 0.25) is 5.02 Å². The molecule has 0 spiro atoms. The van der Waals surface area contributed by atoms with Gasteiger partial charge in [0.2, 0.25) is 10.0 Å². The number of benzene rings is 2. The molecule has 10 heteroatoms. The highest BCUT2D eigenvalue weighted by Gasteiger charge is 2.32. The Labute approximate surface area is 236 Å². The molecular weight excluding hydrogens is 536 g/mol. The van der Waals surface area contributed by atoms with Gasteiger partial charge in [-0.05, 0) is 60.4 Å². The van der Waals surface area contributed by atoms with Crippen molar-refractivity contribution in [1.29, 1.82) is 0 Å². The molecule has 0 bridgehead atoms. The van der Waals surface area contributed by atoms with Crippen LogP contribution in [0, 0.1) is 0 Å². The van der Waals surface area contributed by atoms with Crippen LogP contribution in [0.5, 0.6) is 11.5 Å². The van der Waals surface area contributed by atoms with Gasteiger partial charge in [-0.2, -0.15) is 4.31 Å². The monoisotopic (exact) mass is 570 g/mol. The smallest absolute Gasteiger partial charge is 0.246 e. The van der Waals surface area contributed by atoms with E-state index >= 15 is 0 Å². The number of piperazine rings is 1. The van der Waals surface area contributed by atoms with Crippen molar-refractivity contribution in [2.45, 2.75) is 36.9 Å². The van der Waals surface area contributed by atoms with E-state index in [1.54, 1.807) is 12.1 Å². The van der Waals surface area contributed by atoms with Crippen molar-refractivity contribution in [2.75, 3.05) is 46.4 Å². The van der Waals surface area contributed by atoms with Crippen molar-refractivity contribution in [3.05, 3.63) is 83.1 Å². The Hall–Kier alpha value is -2.69. The van der Waals surface area contributed by atoms with Gasteiger partial charge in [-0.3, -0.25) is 14.8 Å². The lowest BCUT2D eigenvalue weighted by atomic mass is 10.1. The second-order valence-electron chi connectivity index (χ2n) is 10.1. The number of hydrogen-bond donors (Lipinski definition) is 0. The highest BCUT2D eigenvalue weighted by Crippen LogP contribution is 2.31. The Kier molecular flexibility index (Phi) is 9.04. The molecule has 8 nitrogen and oxygen atoms in total. The highest BCUT2D eigenvalue weighted by atomic mass is 35.5. The molecule has 0 radical (unpaired) electrons. The van der Waals surface area contributed by atoms with Crippen LogP contribution in [0.15, 0.2) is 71.9 Å². The first-order valence-electron chi connectivity index (χ1n) is 13.3. The minimum absolute atomic E-state index is 0.0380. The number of ether oxygens (including phenoxy) is 2. The Morgan fingerprint density at radius 3 is 2.26 bits per heavy atom. The molecular formula is C29H35ClN4O4S. The molecule has 0 unspecified atom stereocenters. The Balaban J connectivity index is 1.11. The van der Waals surface area contributed by atoms with Crippen LogP contribution in [0.1, 0.15) is 24.0 Å². The van der Waals surface area contributed by atoms with Gasteiger partial charge in [0.1, 0.15) is 22.5 Å². The van der Waals surface area contributed by atoms with E-state index in [1.165, 1.54) is 28.6 Å². The molecule has 3 aromatic rings. The third-order valence-electron chi connectivity index (χ3n) is 7.35. The summed E-state index contributed by atoms with van der Waals surface area (Å²) in [7, 11) is -2.25. The maximum atomic E-state index is 13.3. The summed E-state index contributed by atoms with van der Waals surface area (Å²) in [5, 5.41) is 0.360. The zero-order valence-electron chi connectivity index (χ0n) is 22.2. The van der Waals surface area contributed by atoms with Gasteiger partial charge in [0.25, 0.3) is 0 Å². The number of sulfonamides is 1. The third-order valence-corrected chi connectivity index (χ3v) is 9.50. The molecule has 2 saturated heterocycles. The maximum absolute atomic E-state index is 13.3. The fourth-order valence-corrected chi connectivity index (χ4v) is 7.09. The highest BCUT2D eigenvalue weighted by molar-refractivity contribution is 7.89. The van der Waals surface area contributed by atoms with Crippen LogP contribution in [-0.4, -0.2) is 80.0 Å². The van der Waals surface area contributed by atoms with Gasteiger partial charge in [0.05, 0.1) is 7.11 Å². The third kappa shape index (κ3) is 7.10. The van der Waals surface area contributed by atoms with E-state index in [0.717, 1.165) is 45.0 Å². The first-order chi connectivity index (χ1) is 18.9.